The van der Waals surface area contributed by atoms with E-state index in [0.717, 1.165) is 5.56 Å². The van der Waals surface area contributed by atoms with Gasteiger partial charge in [-0.25, -0.2) is 13.4 Å². The van der Waals surface area contributed by atoms with E-state index in [4.69, 9.17) is 16.0 Å². The molecule has 1 aromatic heterocycles. The van der Waals surface area contributed by atoms with Gasteiger partial charge in [0.1, 0.15) is 0 Å². The third-order valence-corrected chi connectivity index (χ3v) is 3.75. The van der Waals surface area contributed by atoms with Crippen molar-refractivity contribution in [1.82, 2.24) is 4.98 Å². The average Bonchev–Trinajstić information content (AvgIpc) is 2.77. The Labute approximate surface area is 111 Å². The van der Waals surface area contributed by atoms with Crippen molar-refractivity contribution >= 4 is 21.4 Å². The van der Waals surface area contributed by atoms with E-state index < -0.39 is 9.84 Å². The first-order valence-electron chi connectivity index (χ1n) is 5.32. The topological polar surface area (TPSA) is 60.2 Å². The van der Waals surface area contributed by atoms with Crippen molar-refractivity contribution in [3.8, 4) is 11.3 Å². The summed E-state index contributed by atoms with van der Waals surface area (Å²) in [5.41, 5.74) is 0.788. The van der Waals surface area contributed by atoms with Crippen molar-refractivity contribution in [2.24, 2.45) is 0 Å². The molecular weight excluding hydrogens is 274 g/mol. The Hall–Kier alpha value is -1.33. The zero-order valence-corrected chi connectivity index (χ0v) is 11.3. The Morgan fingerprint density at radius 1 is 1.28 bits per heavy atom. The molecule has 0 saturated heterocycles. The summed E-state index contributed by atoms with van der Waals surface area (Å²) in [5.74, 6) is 1.63. The molecule has 2 rings (SSSR count). The number of aryl methyl sites for hydroxylation is 1. The molecule has 0 aliphatic rings. The minimum absolute atomic E-state index is 0.284. The molecule has 0 fully saturated rings. The van der Waals surface area contributed by atoms with Crippen molar-refractivity contribution in [2.45, 2.75) is 11.3 Å². The van der Waals surface area contributed by atoms with Crippen molar-refractivity contribution < 1.29 is 12.8 Å². The fourth-order valence-corrected chi connectivity index (χ4v) is 2.30. The first kappa shape index (κ1) is 13.1. The summed E-state index contributed by atoms with van der Waals surface area (Å²) in [6.07, 6.45) is 3.36. The van der Waals surface area contributed by atoms with Crippen molar-refractivity contribution in [3.05, 3.63) is 36.4 Å². The van der Waals surface area contributed by atoms with E-state index in [0.29, 0.717) is 24.0 Å². The number of alkyl halides is 1. The Morgan fingerprint density at radius 2 is 1.94 bits per heavy atom. The molecule has 0 aliphatic carbocycles. The van der Waals surface area contributed by atoms with Gasteiger partial charge in [0.15, 0.2) is 21.5 Å². The fraction of sp³-hybridized carbons (Fsp3) is 0.250. The lowest BCUT2D eigenvalue weighted by Crippen LogP contribution is -1.95. The van der Waals surface area contributed by atoms with E-state index in [2.05, 4.69) is 4.98 Å². The summed E-state index contributed by atoms with van der Waals surface area (Å²) >= 11 is 5.60. The van der Waals surface area contributed by atoms with Crippen LogP contribution in [0.25, 0.3) is 11.3 Å². The molecule has 0 spiro atoms. The van der Waals surface area contributed by atoms with Gasteiger partial charge >= 0.3 is 0 Å². The summed E-state index contributed by atoms with van der Waals surface area (Å²) in [5, 5.41) is 0. The van der Waals surface area contributed by atoms with Crippen LogP contribution in [-0.2, 0) is 16.3 Å². The molecule has 0 radical (unpaired) electrons. The van der Waals surface area contributed by atoms with Gasteiger partial charge in [-0.3, -0.25) is 0 Å². The fourth-order valence-electron chi connectivity index (χ4n) is 1.51. The predicted molar refractivity (Wildman–Crippen MR) is 69.5 cm³/mol. The molecule has 0 N–H and O–H groups in total. The lowest BCUT2D eigenvalue weighted by molar-refractivity contribution is 0.514. The van der Waals surface area contributed by atoms with E-state index in [-0.39, 0.29) is 4.90 Å². The van der Waals surface area contributed by atoms with Gasteiger partial charge in [0, 0.05) is 24.1 Å². The van der Waals surface area contributed by atoms with Gasteiger partial charge in [0.2, 0.25) is 0 Å². The average molecular weight is 286 g/mol. The second-order valence-corrected chi connectivity index (χ2v) is 6.25. The van der Waals surface area contributed by atoms with Gasteiger partial charge < -0.3 is 4.42 Å². The van der Waals surface area contributed by atoms with Crippen LogP contribution in [-0.4, -0.2) is 25.5 Å². The van der Waals surface area contributed by atoms with Crippen LogP contribution in [0.1, 0.15) is 5.89 Å². The SMILES string of the molecule is CS(=O)(=O)c1ccc(-c2cnc(CCCl)o2)cc1. The van der Waals surface area contributed by atoms with Crippen LogP contribution in [0.4, 0.5) is 0 Å². The van der Waals surface area contributed by atoms with E-state index in [1.807, 2.05) is 0 Å². The quantitative estimate of drug-likeness (QED) is 0.810. The van der Waals surface area contributed by atoms with Gasteiger partial charge in [-0.15, -0.1) is 11.6 Å². The third-order valence-electron chi connectivity index (χ3n) is 2.43. The normalized spacial score (nSPS) is 11.7. The van der Waals surface area contributed by atoms with Crippen LogP contribution in [0, 0.1) is 0 Å². The first-order chi connectivity index (χ1) is 8.50. The van der Waals surface area contributed by atoms with E-state index >= 15 is 0 Å². The minimum atomic E-state index is -3.17. The molecule has 0 aliphatic heterocycles. The number of hydrogen-bond donors (Lipinski definition) is 0. The third kappa shape index (κ3) is 2.91. The maximum atomic E-state index is 11.3. The molecular formula is C12H12ClNO3S. The number of rotatable bonds is 4. The van der Waals surface area contributed by atoms with Crippen LogP contribution < -0.4 is 0 Å². The number of oxazole rings is 1. The van der Waals surface area contributed by atoms with Crippen molar-refractivity contribution in [1.29, 1.82) is 0 Å². The zero-order chi connectivity index (χ0) is 13.2. The Balaban J connectivity index is 2.28. The Morgan fingerprint density at radius 3 is 2.50 bits per heavy atom. The van der Waals surface area contributed by atoms with Gasteiger partial charge in [-0.1, -0.05) is 0 Å². The zero-order valence-electron chi connectivity index (χ0n) is 9.76. The second-order valence-electron chi connectivity index (χ2n) is 3.85. The maximum absolute atomic E-state index is 11.3. The molecule has 0 unspecified atom stereocenters. The Bertz CT molecular complexity index is 632. The number of nitrogens with zero attached hydrogens (tertiary/aromatic N) is 1. The number of hydrogen-bond acceptors (Lipinski definition) is 4. The maximum Gasteiger partial charge on any atom is 0.196 e. The van der Waals surface area contributed by atoms with Crippen molar-refractivity contribution in [3.63, 3.8) is 0 Å². The summed E-state index contributed by atoms with van der Waals surface area (Å²) < 4.78 is 28.1. The molecule has 2 aromatic rings. The first-order valence-corrected chi connectivity index (χ1v) is 7.74. The molecule has 1 aromatic carbocycles. The lowest BCUT2D eigenvalue weighted by Gasteiger charge is -1.99. The number of sulfone groups is 1. The molecule has 0 atom stereocenters. The summed E-state index contributed by atoms with van der Waals surface area (Å²) in [7, 11) is -3.17. The van der Waals surface area contributed by atoms with Crippen LogP contribution in [0.15, 0.2) is 39.8 Å². The largest absolute Gasteiger partial charge is 0.441 e. The van der Waals surface area contributed by atoms with Crippen LogP contribution >= 0.6 is 11.6 Å². The van der Waals surface area contributed by atoms with Crippen molar-refractivity contribution in [2.75, 3.05) is 12.1 Å². The monoisotopic (exact) mass is 285 g/mol. The van der Waals surface area contributed by atoms with Crippen LogP contribution in [0.2, 0.25) is 0 Å². The molecule has 0 amide bonds. The van der Waals surface area contributed by atoms with Gasteiger partial charge in [0.05, 0.1) is 11.1 Å². The second kappa shape index (κ2) is 5.12. The highest BCUT2D eigenvalue weighted by Crippen LogP contribution is 2.22. The molecule has 1 heterocycles. The number of benzene rings is 1. The molecule has 6 heteroatoms. The summed E-state index contributed by atoms with van der Waals surface area (Å²) in [6, 6.07) is 6.49. The Kier molecular flexibility index (Phi) is 3.73. The molecule has 0 saturated carbocycles. The highest BCUT2D eigenvalue weighted by molar-refractivity contribution is 7.90. The van der Waals surface area contributed by atoms with Gasteiger partial charge in [-0.2, -0.15) is 0 Å². The highest BCUT2D eigenvalue weighted by atomic mass is 35.5. The van der Waals surface area contributed by atoms with Crippen LogP contribution in [0.5, 0.6) is 0 Å². The molecule has 0 bridgehead atoms. The number of aromatic nitrogens is 1. The standard InChI is InChI=1S/C12H12ClNO3S/c1-18(15,16)10-4-2-9(3-5-10)11-8-14-12(17-11)6-7-13/h2-5,8H,6-7H2,1H3. The summed E-state index contributed by atoms with van der Waals surface area (Å²) in [4.78, 5) is 4.37. The lowest BCUT2D eigenvalue weighted by atomic mass is 10.2. The molecule has 96 valence electrons. The summed E-state index contributed by atoms with van der Waals surface area (Å²) in [6.45, 7) is 0. The molecule has 18 heavy (non-hydrogen) atoms. The van der Waals surface area contributed by atoms with Gasteiger partial charge in [0.25, 0.3) is 0 Å². The molecule has 4 nitrogen and oxygen atoms in total. The van der Waals surface area contributed by atoms with E-state index in [9.17, 15) is 8.42 Å². The van der Waals surface area contributed by atoms with Crippen LogP contribution in [0.3, 0.4) is 0 Å². The van der Waals surface area contributed by atoms with E-state index in [1.54, 1.807) is 30.5 Å². The van der Waals surface area contributed by atoms with Gasteiger partial charge in [-0.05, 0) is 24.3 Å². The highest BCUT2D eigenvalue weighted by Gasteiger charge is 2.09. The predicted octanol–water partition coefficient (Wildman–Crippen LogP) is 2.53. The minimum Gasteiger partial charge on any atom is -0.441 e. The van der Waals surface area contributed by atoms with E-state index in [1.165, 1.54) is 6.26 Å². The smallest absolute Gasteiger partial charge is 0.196 e. The number of halogens is 1.